The predicted octanol–water partition coefficient (Wildman–Crippen LogP) is 3.35. The standard InChI is InChI=1S/C17H19NO3/c1-17(7-8-17)12-16(19)21-11-10-20-15-6-9-18-14-5-3-2-4-13(14)15/h2-6,9H,7-8,10-12H2,1H3. The molecule has 1 heterocycles. The average molecular weight is 285 g/mol. The Bertz CT molecular complexity index is 644. The summed E-state index contributed by atoms with van der Waals surface area (Å²) in [6.07, 6.45) is 4.49. The highest BCUT2D eigenvalue weighted by molar-refractivity contribution is 5.84. The van der Waals surface area contributed by atoms with Gasteiger partial charge in [-0.05, 0) is 36.5 Å². The van der Waals surface area contributed by atoms with Crippen molar-refractivity contribution in [2.75, 3.05) is 13.2 Å². The first kappa shape index (κ1) is 13.9. The van der Waals surface area contributed by atoms with Crippen LogP contribution in [0.1, 0.15) is 26.2 Å². The molecular formula is C17H19NO3. The van der Waals surface area contributed by atoms with E-state index < -0.39 is 0 Å². The van der Waals surface area contributed by atoms with Crippen molar-refractivity contribution in [3.05, 3.63) is 36.5 Å². The Labute approximate surface area is 124 Å². The van der Waals surface area contributed by atoms with Crippen molar-refractivity contribution in [1.82, 2.24) is 4.98 Å². The van der Waals surface area contributed by atoms with Crippen molar-refractivity contribution in [2.24, 2.45) is 5.41 Å². The molecule has 1 aromatic heterocycles. The van der Waals surface area contributed by atoms with E-state index in [0.29, 0.717) is 13.0 Å². The fourth-order valence-electron chi connectivity index (χ4n) is 2.29. The molecule has 21 heavy (non-hydrogen) atoms. The van der Waals surface area contributed by atoms with E-state index in [0.717, 1.165) is 29.5 Å². The Morgan fingerprint density at radius 1 is 1.24 bits per heavy atom. The summed E-state index contributed by atoms with van der Waals surface area (Å²) >= 11 is 0. The quantitative estimate of drug-likeness (QED) is 0.603. The highest BCUT2D eigenvalue weighted by Gasteiger charge is 2.39. The normalized spacial score (nSPS) is 15.7. The largest absolute Gasteiger partial charge is 0.489 e. The van der Waals surface area contributed by atoms with Gasteiger partial charge in [0.15, 0.2) is 0 Å². The molecule has 0 bridgehead atoms. The minimum Gasteiger partial charge on any atom is -0.489 e. The van der Waals surface area contributed by atoms with Crippen molar-refractivity contribution in [3.63, 3.8) is 0 Å². The second kappa shape index (κ2) is 5.72. The molecule has 1 fully saturated rings. The van der Waals surface area contributed by atoms with Gasteiger partial charge >= 0.3 is 5.97 Å². The second-order valence-electron chi connectivity index (χ2n) is 5.88. The minimum atomic E-state index is -0.127. The maximum absolute atomic E-state index is 11.6. The van der Waals surface area contributed by atoms with Gasteiger partial charge in [0.05, 0.1) is 11.9 Å². The van der Waals surface area contributed by atoms with E-state index in [1.54, 1.807) is 6.20 Å². The molecule has 4 heteroatoms. The molecule has 1 aliphatic carbocycles. The molecule has 0 radical (unpaired) electrons. The maximum Gasteiger partial charge on any atom is 0.306 e. The van der Waals surface area contributed by atoms with E-state index >= 15 is 0 Å². The Morgan fingerprint density at radius 3 is 2.86 bits per heavy atom. The number of carbonyl (C=O) groups is 1. The zero-order valence-electron chi connectivity index (χ0n) is 12.2. The van der Waals surface area contributed by atoms with Crippen molar-refractivity contribution < 1.29 is 14.3 Å². The third kappa shape index (κ3) is 3.51. The van der Waals surface area contributed by atoms with Crippen LogP contribution >= 0.6 is 0 Å². The first-order valence-corrected chi connectivity index (χ1v) is 7.29. The monoisotopic (exact) mass is 285 g/mol. The van der Waals surface area contributed by atoms with Crippen LogP contribution in [0.4, 0.5) is 0 Å². The van der Waals surface area contributed by atoms with Gasteiger partial charge in [0.2, 0.25) is 0 Å². The molecule has 2 aromatic rings. The topological polar surface area (TPSA) is 48.4 Å². The molecule has 0 spiro atoms. The number of pyridine rings is 1. The lowest BCUT2D eigenvalue weighted by atomic mass is 10.1. The van der Waals surface area contributed by atoms with Crippen molar-refractivity contribution in [1.29, 1.82) is 0 Å². The molecule has 0 aliphatic heterocycles. The summed E-state index contributed by atoms with van der Waals surface area (Å²) in [5.41, 5.74) is 1.09. The maximum atomic E-state index is 11.6. The van der Waals surface area contributed by atoms with Crippen LogP contribution in [-0.4, -0.2) is 24.2 Å². The van der Waals surface area contributed by atoms with Gasteiger partial charge in [-0.25, -0.2) is 0 Å². The van der Waals surface area contributed by atoms with Gasteiger partial charge in [-0.15, -0.1) is 0 Å². The van der Waals surface area contributed by atoms with Gasteiger partial charge in [0.1, 0.15) is 19.0 Å². The van der Waals surface area contributed by atoms with E-state index in [2.05, 4.69) is 11.9 Å². The molecule has 0 N–H and O–H groups in total. The van der Waals surface area contributed by atoms with Crippen LogP contribution in [-0.2, 0) is 9.53 Å². The Hall–Kier alpha value is -2.10. The highest BCUT2D eigenvalue weighted by atomic mass is 16.6. The average Bonchev–Trinajstić information content (AvgIpc) is 3.21. The van der Waals surface area contributed by atoms with Crippen LogP contribution in [0.15, 0.2) is 36.5 Å². The first-order chi connectivity index (χ1) is 10.2. The molecule has 0 saturated heterocycles. The summed E-state index contributed by atoms with van der Waals surface area (Å²) in [6.45, 7) is 2.76. The molecular weight excluding hydrogens is 266 g/mol. The molecule has 4 nitrogen and oxygen atoms in total. The van der Waals surface area contributed by atoms with E-state index in [4.69, 9.17) is 9.47 Å². The van der Waals surface area contributed by atoms with Crippen molar-refractivity contribution >= 4 is 16.9 Å². The third-order valence-corrected chi connectivity index (χ3v) is 3.89. The minimum absolute atomic E-state index is 0.127. The van der Waals surface area contributed by atoms with Crippen LogP contribution in [0.3, 0.4) is 0 Å². The summed E-state index contributed by atoms with van der Waals surface area (Å²) in [4.78, 5) is 15.9. The fraction of sp³-hybridized carbons (Fsp3) is 0.412. The number of carbonyl (C=O) groups excluding carboxylic acids is 1. The molecule has 1 aliphatic rings. The number of ether oxygens (including phenoxy) is 2. The van der Waals surface area contributed by atoms with Crippen molar-refractivity contribution in [3.8, 4) is 5.75 Å². The lowest BCUT2D eigenvalue weighted by Gasteiger charge is -2.10. The van der Waals surface area contributed by atoms with Crippen LogP contribution in [0, 0.1) is 5.41 Å². The van der Waals surface area contributed by atoms with E-state index in [1.165, 1.54) is 0 Å². The van der Waals surface area contributed by atoms with E-state index in [1.807, 2.05) is 30.3 Å². The second-order valence-corrected chi connectivity index (χ2v) is 5.88. The van der Waals surface area contributed by atoms with E-state index in [-0.39, 0.29) is 18.0 Å². The molecule has 0 unspecified atom stereocenters. The summed E-state index contributed by atoms with van der Waals surface area (Å²) in [5.74, 6) is 0.643. The number of nitrogens with zero attached hydrogens (tertiary/aromatic N) is 1. The molecule has 1 aromatic carbocycles. The zero-order chi connectivity index (χ0) is 14.7. The number of benzene rings is 1. The van der Waals surface area contributed by atoms with Gasteiger partial charge in [-0.3, -0.25) is 9.78 Å². The molecule has 3 rings (SSSR count). The fourth-order valence-corrected chi connectivity index (χ4v) is 2.29. The number of para-hydroxylation sites is 1. The summed E-state index contributed by atoms with van der Waals surface area (Å²) in [6, 6.07) is 9.64. The Morgan fingerprint density at radius 2 is 2.05 bits per heavy atom. The SMILES string of the molecule is CC1(CC(=O)OCCOc2ccnc3ccccc23)CC1. The molecule has 0 amide bonds. The van der Waals surface area contributed by atoms with Crippen molar-refractivity contribution in [2.45, 2.75) is 26.2 Å². The summed E-state index contributed by atoms with van der Waals surface area (Å²) in [5, 5.41) is 0.969. The highest BCUT2D eigenvalue weighted by Crippen LogP contribution is 2.48. The number of hydrogen-bond donors (Lipinski definition) is 0. The lowest BCUT2D eigenvalue weighted by Crippen LogP contribution is -2.14. The number of esters is 1. The van der Waals surface area contributed by atoms with E-state index in [9.17, 15) is 4.79 Å². The van der Waals surface area contributed by atoms with Gasteiger partial charge < -0.3 is 9.47 Å². The van der Waals surface area contributed by atoms with Crippen LogP contribution in [0.2, 0.25) is 0 Å². The number of hydrogen-bond acceptors (Lipinski definition) is 4. The lowest BCUT2D eigenvalue weighted by molar-refractivity contribution is -0.145. The molecule has 110 valence electrons. The zero-order valence-corrected chi connectivity index (χ0v) is 12.2. The number of aromatic nitrogens is 1. The van der Waals surface area contributed by atoms with Gasteiger partial charge in [-0.1, -0.05) is 19.1 Å². The van der Waals surface area contributed by atoms with Gasteiger partial charge in [0, 0.05) is 11.6 Å². The Kier molecular flexibility index (Phi) is 3.78. The molecule has 0 atom stereocenters. The van der Waals surface area contributed by atoms with Gasteiger partial charge in [-0.2, -0.15) is 0 Å². The van der Waals surface area contributed by atoms with Crippen LogP contribution in [0.25, 0.3) is 10.9 Å². The summed E-state index contributed by atoms with van der Waals surface area (Å²) < 4.78 is 10.9. The molecule has 1 saturated carbocycles. The number of fused-ring (bicyclic) bond motifs is 1. The predicted molar refractivity (Wildman–Crippen MR) is 80.2 cm³/mol. The number of rotatable bonds is 6. The van der Waals surface area contributed by atoms with Crippen LogP contribution < -0.4 is 4.74 Å². The van der Waals surface area contributed by atoms with Gasteiger partial charge in [0.25, 0.3) is 0 Å². The van der Waals surface area contributed by atoms with Crippen LogP contribution in [0.5, 0.6) is 5.75 Å². The summed E-state index contributed by atoms with van der Waals surface area (Å²) in [7, 11) is 0. The third-order valence-electron chi connectivity index (χ3n) is 3.89. The smallest absolute Gasteiger partial charge is 0.306 e. The first-order valence-electron chi connectivity index (χ1n) is 7.29. The Balaban J connectivity index is 1.49.